The molecular weight excluding hydrogens is 386 g/mol. The number of benzene rings is 1. The van der Waals surface area contributed by atoms with Crippen molar-refractivity contribution in [3.63, 3.8) is 0 Å². The number of carbonyl (C=O) groups excluding carboxylic acids is 1. The topological polar surface area (TPSA) is 62.6 Å². The molecule has 0 atom stereocenters. The lowest BCUT2D eigenvalue weighted by Crippen LogP contribution is -2.37. The van der Waals surface area contributed by atoms with Gasteiger partial charge in [-0.05, 0) is 58.2 Å². The van der Waals surface area contributed by atoms with Crippen molar-refractivity contribution in [2.75, 3.05) is 26.2 Å². The third kappa shape index (κ3) is 3.85. The minimum atomic E-state index is -3.54. The van der Waals surface area contributed by atoms with E-state index in [-0.39, 0.29) is 5.91 Å². The molecule has 2 aromatic rings. The highest BCUT2D eigenvalue weighted by molar-refractivity contribution is 7.89. The van der Waals surface area contributed by atoms with E-state index >= 15 is 0 Å². The molecule has 1 saturated carbocycles. The number of sulfonamides is 1. The van der Waals surface area contributed by atoms with E-state index in [0.29, 0.717) is 43.5 Å². The maximum atomic E-state index is 13.2. The summed E-state index contributed by atoms with van der Waals surface area (Å²) in [5, 5.41) is 0. The number of amides is 1. The molecular formula is C22H29N3O3S. The molecule has 1 aromatic carbocycles. The first kappa shape index (κ1) is 20.2. The standard InChI is InChI=1S/C22H29N3O3S/c1-16-5-9-20(10-6-16)29(27,28)24-12-4-11-23(13-14-24)22(26)21-15-17(2)25(18(21)3)19-7-8-19/h5-6,9-10,15,19H,4,7-8,11-14H2,1-3H3. The summed E-state index contributed by atoms with van der Waals surface area (Å²) in [6, 6.07) is 9.47. The number of aryl methyl sites for hydroxylation is 2. The highest BCUT2D eigenvalue weighted by Crippen LogP contribution is 2.38. The van der Waals surface area contributed by atoms with Crippen molar-refractivity contribution in [1.82, 2.24) is 13.8 Å². The van der Waals surface area contributed by atoms with Crippen LogP contribution in [0.25, 0.3) is 0 Å². The van der Waals surface area contributed by atoms with Crippen LogP contribution in [0.2, 0.25) is 0 Å². The smallest absolute Gasteiger partial charge is 0.255 e. The van der Waals surface area contributed by atoms with Gasteiger partial charge in [-0.25, -0.2) is 8.42 Å². The van der Waals surface area contributed by atoms with E-state index < -0.39 is 10.0 Å². The van der Waals surface area contributed by atoms with Gasteiger partial charge in [0.2, 0.25) is 10.0 Å². The van der Waals surface area contributed by atoms with Crippen LogP contribution in [0.4, 0.5) is 0 Å². The second kappa shape index (κ2) is 7.61. The van der Waals surface area contributed by atoms with E-state index in [2.05, 4.69) is 11.5 Å². The number of hydrogen-bond donors (Lipinski definition) is 0. The molecule has 0 radical (unpaired) electrons. The third-order valence-corrected chi connectivity index (χ3v) is 7.94. The van der Waals surface area contributed by atoms with E-state index in [4.69, 9.17) is 0 Å². The highest BCUT2D eigenvalue weighted by Gasteiger charge is 2.32. The zero-order valence-electron chi connectivity index (χ0n) is 17.4. The lowest BCUT2D eigenvalue weighted by molar-refractivity contribution is 0.0763. The number of hydrogen-bond acceptors (Lipinski definition) is 3. The van der Waals surface area contributed by atoms with E-state index in [1.165, 1.54) is 17.1 Å². The fourth-order valence-electron chi connectivity index (χ4n) is 4.26. The van der Waals surface area contributed by atoms with E-state index in [1.807, 2.05) is 36.9 Å². The molecule has 29 heavy (non-hydrogen) atoms. The Hall–Kier alpha value is -2.12. The molecule has 0 unspecified atom stereocenters. The Bertz CT molecular complexity index is 1020. The molecule has 1 aliphatic carbocycles. The van der Waals surface area contributed by atoms with Crippen molar-refractivity contribution in [2.45, 2.75) is 51.0 Å². The van der Waals surface area contributed by atoms with Gasteiger partial charge in [0.25, 0.3) is 5.91 Å². The van der Waals surface area contributed by atoms with Crippen LogP contribution in [0, 0.1) is 20.8 Å². The average molecular weight is 416 g/mol. The Morgan fingerprint density at radius 1 is 0.966 bits per heavy atom. The summed E-state index contributed by atoms with van der Waals surface area (Å²) in [6.45, 7) is 7.75. The molecule has 2 aliphatic rings. The molecule has 1 aliphatic heterocycles. The summed E-state index contributed by atoms with van der Waals surface area (Å²) < 4.78 is 29.8. The van der Waals surface area contributed by atoms with Crippen LogP contribution in [-0.2, 0) is 10.0 Å². The van der Waals surface area contributed by atoms with Crippen LogP contribution in [0.3, 0.4) is 0 Å². The van der Waals surface area contributed by atoms with Gasteiger partial charge in [-0.15, -0.1) is 0 Å². The largest absolute Gasteiger partial charge is 0.345 e. The van der Waals surface area contributed by atoms with Crippen molar-refractivity contribution in [1.29, 1.82) is 0 Å². The number of aromatic nitrogens is 1. The number of rotatable bonds is 4. The summed E-state index contributed by atoms with van der Waals surface area (Å²) in [4.78, 5) is 15.3. The SMILES string of the molecule is Cc1ccc(S(=O)(=O)N2CCCN(C(=O)c3cc(C)n(C4CC4)c3C)CC2)cc1. The lowest BCUT2D eigenvalue weighted by Gasteiger charge is -2.22. The predicted molar refractivity (Wildman–Crippen MR) is 113 cm³/mol. The number of nitrogens with zero attached hydrogens (tertiary/aromatic N) is 3. The van der Waals surface area contributed by atoms with Gasteiger partial charge >= 0.3 is 0 Å². The Morgan fingerprint density at radius 3 is 2.31 bits per heavy atom. The molecule has 0 bridgehead atoms. The van der Waals surface area contributed by atoms with Gasteiger partial charge in [0, 0.05) is 43.6 Å². The van der Waals surface area contributed by atoms with Gasteiger partial charge in [0.05, 0.1) is 10.5 Å². The zero-order valence-corrected chi connectivity index (χ0v) is 18.2. The van der Waals surface area contributed by atoms with Crippen LogP contribution in [0.1, 0.15) is 52.6 Å². The van der Waals surface area contributed by atoms with Crippen molar-refractivity contribution in [2.24, 2.45) is 0 Å². The van der Waals surface area contributed by atoms with Gasteiger partial charge in [-0.3, -0.25) is 4.79 Å². The van der Waals surface area contributed by atoms with Crippen molar-refractivity contribution >= 4 is 15.9 Å². The lowest BCUT2D eigenvalue weighted by atomic mass is 10.2. The first-order valence-corrected chi connectivity index (χ1v) is 11.8. The minimum Gasteiger partial charge on any atom is -0.345 e. The van der Waals surface area contributed by atoms with Gasteiger partial charge in [0.15, 0.2) is 0 Å². The van der Waals surface area contributed by atoms with Gasteiger partial charge < -0.3 is 9.47 Å². The fraction of sp³-hybridized carbons (Fsp3) is 0.500. The van der Waals surface area contributed by atoms with Crippen LogP contribution >= 0.6 is 0 Å². The zero-order chi connectivity index (χ0) is 20.8. The van der Waals surface area contributed by atoms with Gasteiger partial charge in [-0.1, -0.05) is 17.7 Å². The highest BCUT2D eigenvalue weighted by atomic mass is 32.2. The minimum absolute atomic E-state index is 0.0135. The van der Waals surface area contributed by atoms with Crippen molar-refractivity contribution < 1.29 is 13.2 Å². The second-order valence-electron chi connectivity index (χ2n) is 8.25. The summed E-state index contributed by atoms with van der Waals surface area (Å²) >= 11 is 0. The second-order valence-corrected chi connectivity index (χ2v) is 10.2. The predicted octanol–water partition coefficient (Wildman–Crippen LogP) is 3.29. The molecule has 1 saturated heterocycles. The molecule has 156 valence electrons. The van der Waals surface area contributed by atoms with E-state index in [9.17, 15) is 13.2 Å². The third-order valence-electron chi connectivity index (χ3n) is 6.03. The Kier molecular flexibility index (Phi) is 5.29. The Labute approximate surface area is 173 Å². The molecule has 1 aromatic heterocycles. The van der Waals surface area contributed by atoms with E-state index in [0.717, 1.165) is 22.5 Å². The maximum Gasteiger partial charge on any atom is 0.255 e. The Morgan fingerprint density at radius 2 is 1.66 bits per heavy atom. The molecule has 1 amide bonds. The van der Waals surface area contributed by atoms with Crippen LogP contribution < -0.4 is 0 Å². The normalized spacial score (nSPS) is 18.7. The summed E-state index contributed by atoms with van der Waals surface area (Å²) in [5.41, 5.74) is 3.94. The van der Waals surface area contributed by atoms with Crippen molar-refractivity contribution in [3.05, 3.63) is 52.8 Å². The first-order chi connectivity index (χ1) is 13.8. The fourth-order valence-corrected chi connectivity index (χ4v) is 5.72. The Balaban J connectivity index is 1.50. The molecule has 0 N–H and O–H groups in total. The van der Waals surface area contributed by atoms with E-state index in [1.54, 1.807) is 12.1 Å². The molecule has 0 spiro atoms. The number of carbonyl (C=O) groups is 1. The van der Waals surface area contributed by atoms with Crippen LogP contribution in [-0.4, -0.2) is 54.3 Å². The van der Waals surface area contributed by atoms with Gasteiger partial charge in [-0.2, -0.15) is 4.31 Å². The molecule has 6 nitrogen and oxygen atoms in total. The van der Waals surface area contributed by atoms with Gasteiger partial charge in [0.1, 0.15) is 0 Å². The molecule has 2 heterocycles. The first-order valence-electron chi connectivity index (χ1n) is 10.3. The monoisotopic (exact) mass is 415 g/mol. The summed E-state index contributed by atoms with van der Waals surface area (Å²) in [6.07, 6.45) is 3.00. The molecule has 2 fully saturated rings. The van der Waals surface area contributed by atoms with Crippen LogP contribution in [0.5, 0.6) is 0 Å². The van der Waals surface area contributed by atoms with Crippen LogP contribution in [0.15, 0.2) is 35.2 Å². The molecule has 7 heteroatoms. The molecule has 4 rings (SSSR count). The average Bonchev–Trinajstić information content (AvgIpc) is 3.49. The van der Waals surface area contributed by atoms with Crippen molar-refractivity contribution in [3.8, 4) is 0 Å². The summed E-state index contributed by atoms with van der Waals surface area (Å²) in [5.74, 6) is 0.0135. The quantitative estimate of drug-likeness (QED) is 0.770. The summed E-state index contributed by atoms with van der Waals surface area (Å²) in [7, 11) is -3.54. The maximum absolute atomic E-state index is 13.2.